The molecule has 0 saturated heterocycles. The van der Waals surface area contributed by atoms with Gasteiger partial charge in [0.15, 0.2) is 0 Å². The van der Waals surface area contributed by atoms with Crippen molar-refractivity contribution in [1.82, 2.24) is 14.5 Å². The number of rotatable bonds is 3. The summed E-state index contributed by atoms with van der Waals surface area (Å²) in [5, 5.41) is 12.8. The Morgan fingerprint density at radius 1 is 1.19 bits per heavy atom. The highest BCUT2D eigenvalue weighted by atomic mass is 35.5. The molecule has 2 fully saturated rings. The lowest BCUT2D eigenvalue weighted by Gasteiger charge is -2.27. The molecule has 1 aromatic carbocycles. The standard InChI is InChI=1S/C23H26ClFN4O3/c1-12(30)28-4-5-29-20(11-28)27-21(15-6-13-8-17(31)9-14(13)7-15)22(29)23(32)26-16-2-3-19(25)18(24)10-16/h2-3,10,13-15,17,31H,4-9,11H2,1H3,(H,26,32). The quantitative estimate of drug-likeness (QED) is 0.733. The number of imidazole rings is 1. The zero-order chi connectivity index (χ0) is 22.6. The fraction of sp³-hybridized carbons (Fsp3) is 0.522. The summed E-state index contributed by atoms with van der Waals surface area (Å²) in [6.07, 6.45) is 3.19. The number of nitrogens with one attached hydrogen (secondary N) is 1. The van der Waals surface area contributed by atoms with Gasteiger partial charge in [-0.05, 0) is 55.7 Å². The molecule has 1 aliphatic heterocycles. The predicted molar refractivity (Wildman–Crippen MR) is 117 cm³/mol. The van der Waals surface area contributed by atoms with Crippen LogP contribution in [0.5, 0.6) is 0 Å². The highest BCUT2D eigenvalue weighted by molar-refractivity contribution is 6.31. The first-order chi connectivity index (χ1) is 15.3. The van der Waals surface area contributed by atoms with Crippen LogP contribution in [0.25, 0.3) is 0 Å². The van der Waals surface area contributed by atoms with E-state index < -0.39 is 5.82 Å². The zero-order valence-corrected chi connectivity index (χ0v) is 18.6. The normalized spacial score (nSPS) is 26.7. The van der Waals surface area contributed by atoms with E-state index in [9.17, 15) is 19.1 Å². The summed E-state index contributed by atoms with van der Waals surface area (Å²) >= 11 is 5.88. The number of hydrogen-bond acceptors (Lipinski definition) is 4. The number of hydrogen-bond donors (Lipinski definition) is 2. The topological polar surface area (TPSA) is 87.5 Å². The second kappa shape index (κ2) is 8.15. The monoisotopic (exact) mass is 460 g/mol. The van der Waals surface area contributed by atoms with Gasteiger partial charge in [0.05, 0.1) is 23.4 Å². The van der Waals surface area contributed by atoms with Crippen molar-refractivity contribution in [3.05, 3.63) is 46.3 Å². The SMILES string of the molecule is CC(=O)N1CCn2c(nc(C3CC4CC(O)CC4C3)c2C(=O)Nc2ccc(F)c(Cl)c2)C1. The molecule has 2 N–H and O–H groups in total. The molecular weight excluding hydrogens is 435 g/mol. The maximum absolute atomic E-state index is 13.5. The fourth-order valence-electron chi connectivity index (χ4n) is 5.72. The van der Waals surface area contributed by atoms with E-state index in [2.05, 4.69) is 5.32 Å². The third-order valence-electron chi connectivity index (χ3n) is 7.21. The largest absolute Gasteiger partial charge is 0.393 e. The first-order valence-corrected chi connectivity index (χ1v) is 11.5. The van der Waals surface area contributed by atoms with Gasteiger partial charge in [-0.3, -0.25) is 9.59 Å². The summed E-state index contributed by atoms with van der Waals surface area (Å²) in [5.41, 5.74) is 1.68. The third-order valence-corrected chi connectivity index (χ3v) is 7.50. The molecule has 32 heavy (non-hydrogen) atoms. The molecule has 9 heteroatoms. The van der Waals surface area contributed by atoms with Gasteiger partial charge in [0, 0.05) is 31.6 Å². The lowest BCUT2D eigenvalue weighted by molar-refractivity contribution is -0.130. The molecule has 2 aromatic rings. The van der Waals surface area contributed by atoms with Crippen LogP contribution >= 0.6 is 11.6 Å². The molecule has 2 atom stereocenters. The molecule has 0 bridgehead atoms. The van der Waals surface area contributed by atoms with E-state index in [0.717, 1.165) is 31.4 Å². The van der Waals surface area contributed by atoms with Gasteiger partial charge >= 0.3 is 0 Å². The Morgan fingerprint density at radius 3 is 2.56 bits per heavy atom. The maximum atomic E-state index is 13.5. The van der Waals surface area contributed by atoms with E-state index in [4.69, 9.17) is 16.6 Å². The second-order valence-corrected chi connectivity index (χ2v) is 9.66. The molecule has 2 amide bonds. The molecule has 2 aliphatic carbocycles. The molecule has 170 valence electrons. The van der Waals surface area contributed by atoms with Crippen molar-refractivity contribution >= 4 is 29.1 Å². The number of benzene rings is 1. The van der Waals surface area contributed by atoms with Gasteiger partial charge in [0.2, 0.25) is 5.91 Å². The summed E-state index contributed by atoms with van der Waals surface area (Å²) in [6.45, 7) is 2.92. The number of carbonyl (C=O) groups is 2. The van der Waals surface area contributed by atoms with Crippen LogP contribution in [0.3, 0.4) is 0 Å². The van der Waals surface area contributed by atoms with Crippen LogP contribution in [0.2, 0.25) is 5.02 Å². The Bertz CT molecular complexity index is 1070. The number of aliphatic hydroxyl groups excluding tert-OH is 1. The summed E-state index contributed by atoms with van der Waals surface area (Å²) in [4.78, 5) is 31.9. The number of aliphatic hydroxyl groups is 1. The first-order valence-electron chi connectivity index (χ1n) is 11.1. The predicted octanol–water partition coefficient (Wildman–Crippen LogP) is 3.55. The van der Waals surface area contributed by atoms with Crippen LogP contribution in [0.4, 0.5) is 10.1 Å². The van der Waals surface area contributed by atoms with E-state index in [0.29, 0.717) is 48.7 Å². The van der Waals surface area contributed by atoms with Crippen molar-refractivity contribution < 1.29 is 19.1 Å². The van der Waals surface area contributed by atoms with Crippen molar-refractivity contribution in [2.75, 3.05) is 11.9 Å². The van der Waals surface area contributed by atoms with E-state index in [1.54, 1.807) is 4.90 Å². The van der Waals surface area contributed by atoms with E-state index in [-0.39, 0.29) is 28.9 Å². The minimum Gasteiger partial charge on any atom is -0.393 e. The highest BCUT2D eigenvalue weighted by Gasteiger charge is 2.44. The van der Waals surface area contributed by atoms with Gasteiger partial charge in [0.1, 0.15) is 17.3 Å². The van der Waals surface area contributed by atoms with Crippen LogP contribution in [0.1, 0.15) is 60.5 Å². The molecular formula is C23H26ClFN4O3. The average Bonchev–Trinajstić information content (AvgIpc) is 3.40. The van der Waals surface area contributed by atoms with E-state index >= 15 is 0 Å². The molecule has 2 unspecified atom stereocenters. The van der Waals surface area contributed by atoms with E-state index in [1.807, 2.05) is 4.57 Å². The third kappa shape index (κ3) is 3.79. The van der Waals surface area contributed by atoms with Gasteiger partial charge in [-0.25, -0.2) is 9.37 Å². The summed E-state index contributed by atoms with van der Waals surface area (Å²) in [7, 11) is 0. The number of halogens is 2. The van der Waals surface area contributed by atoms with Crippen LogP contribution in [-0.2, 0) is 17.9 Å². The van der Waals surface area contributed by atoms with Crippen LogP contribution < -0.4 is 5.32 Å². The zero-order valence-electron chi connectivity index (χ0n) is 17.9. The smallest absolute Gasteiger partial charge is 0.274 e. The van der Waals surface area contributed by atoms with Crippen LogP contribution in [0.15, 0.2) is 18.2 Å². The Labute approximate surface area is 190 Å². The van der Waals surface area contributed by atoms with Crippen molar-refractivity contribution in [3.8, 4) is 0 Å². The average molecular weight is 461 g/mol. The van der Waals surface area contributed by atoms with Crippen molar-refractivity contribution in [3.63, 3.8) is 0 Å². The molecule has 2 heterocycles. The number of amides is 2. The number of anilines is 1. The van der Waals surface area contributed by atoms with Crippen molar-refractivity contribution in [2.24, 2.45) is 11.8 Å². The molecule has 0 spiro atoms. The summed E-state index contributed by atoms with van der Waals surface area (Å²) in [5.74, 6) is 0.881. The summed E-state index contributed by atoms with van der Waals surface area (Å²) in [6, 6.07) is 4.09. The number of fused-ring (bicyclic) bond motifs is 2. The second-order valence-electron chi connectivity index (χ2n) is 9.25. The lowest BCUT2D eigenvalue weighted by Crippen LogP contribution is -2.38. The van der Waals surface area contributed by atoms with Crippen molar-refractivity contribution in [1.29, 1.82) is 0 Å². The number of aromatic nitrogens is 2. The number of nitrogens with zero attached hydrogens (tertiary/aromatic N) is 3. The minimum atomic E-state index is -0.545. The molecule has 3 aliphatic rings. The Hall–Kier alpha value is -2.45. The Balaban J connectivity index is 1.48. The molecule has 7 nitrogen and oxygen atoms in total. The fourth-order valence-corrected chi connectivity index (χ4v) is 5.90. The lowest BCUT2D eigenvalue weighted by atomic mass is 9.97. The maximum Gasteiger partial charge on any atom is 0.274 e. The van der Waals surface area contributed by atoms with Crippen LogP contribution in [-0.4, -0.2) is 44.0 Å². The van der Waals surface area contributed by atoms with Gasteiger partial charge < -0.3 is 19.9 Å². The van der Waals surface area contributed by atoms with Gasteiger partial charge in [-0.15, -0.1) is 0 Å². The minimum absolute atomic E-state index is 0.0165. The first kappa shape index (κ1) is 21.4. The van der Waals surface area contributed by atoms with Crippen molar-refractivity contribution in [2.45, 2.75) is 57.7 Å². The van der Waals surface area contributed by atoms with Crippen LogP contribution in [0, 0.1) is 17.7 Å². The van der Waals surface area contributed by atoms with Gasteiger partial charge in [-0.2, -0.15) is 0 Å². The molecule has 0 radical (unpaired) electrons. The summed E-state index contributed by atoms with van der Waals surface area (Å²) < 4.78 is 15.5. The Kier molecular flexibility index (Phi) is 5.45. The molecule has 2 saturated carbocycles. The molecule has 5 rings (SSSR count). The highest BCUT2D eigenvalue weighted by Crippen LogP contribution is 2.51. The van der Waals surface area contributed by atoms with Gasteiger partial charge in [0.25, 0.3) is 5.91 Å². The molecule has 1 aromatic heterocycles. The van der Waals surface area contributed by atoms with Gasteiger partial charge in [-0.1, -0.05) is 11.6 Å². The Morgan fingerprint density at radius 2 is 1.91 bits per heavy atom. The number of carbonyl (C=O) groups excluding carboxylic acids is 2. The van der Waals surface area contributed by atoms with E-state index in [1.165, 1.54) is 25.1 Å².